The van der Waals surface area contributed by atoms with E-state index in [1.807, 2.05) is 53.9 Å². The van der Waals surface area contributed by atoms with Crippen LogP contribution in [0, 0.1) is 16.9 Å². The fraction of sp³-hybridized carbons (Fsp3) is 0.372. The summed E-state index contributed by atoms with van der Waals surface area (Å²) in [4.78, 5) is 22.9. The van der Waals surface area contributed by atoms with E-state index < -0.39 is 0 Å². The van der Waals surface area contributed by atoms with Gasteiger partial charge in [0.1, 0.15) is 5.76 Å². The molecule has 0 atom stereocenters. The van der Waals surface area contributed by atoms with Crippen LogP contribution in [0.25, 0.3) is 52.8 Å². The number of rotatable bonds is 9. The molecule has 0 bridgehead atoms. The molecule has 0 saturated carbocycles. The van der Waals surface area contributed by atoms with Crippen LogP contribution in [0.15, 0.2) is 84.2 Å². The van der Waals surface area contributed by atoms with E-state index in [-0.39, 0.29) is 47.9 Å². The second-order valence-corrected chi connectivity index (χ2v) is 16.5. The first kappa shape index (κ1) is 39.6. The number of benzene rings is 2. The first-order valence-electron chi connectivity index (χ1n) is 17.4. The predicted octanol–water partition coefficient (Wildman–Crippen LogP) is 13.1. The van der Waals surface area contributed by atoms with Crippen LogP contribution < -0.4 is 0 Å². The van der Waals surface area contributed by atoms with E-state index in [2.05, 4.69) is 86.8 Å². The Balaban J connectivity index is 0.000000269. The van der Waals surface area contributed by atoms with Crippen molar-refractivity contribution in [1.82, 2.24) is 9.97 Å². The van der Waals surface area contributed by atoms with Crippen molar-refractivity contribution in [1.29, 1.82) is 0 Å². The Morgan fingerprint density at radius 1 is 0.860 bits per heavy atom. The number of carbonyl (C=O) groups excluding carboxylic acids is 1. The van der Waals surface area contributed by atoms with E-state index in [4.69, 9.17) is 9.97 Å². The minimum atomic E-state index is -0.337. The van der Waals surface area contributed by atoms with Gasteiger partial charge in [-0.3, -0.25) is 14.8 Å². The van der Waals surface area contributed by atoms with E-state index in [1.165, 1.54) is 42.1 Å². The molecule has 0 spiro atoms. The van der Waals surface area contributed by atoms with Gasteiger partial charge < -0.3 is 5.11 Å². The van der Waals surface area contributed by atoms with Crippen LogP contribution in [0.4, 0.5) is 0 Å². The third-order valence-electron chi connectivity index (χ3n) is 10.5. The number of thiophene rings is 2. The normalized spacial score (nSPS) is 12.5. The molecule has 0 aliphatic heterocycles. The number of fused-ring (bicyclic) bond motifs is 3. The molecule has 4 nitrogen and oxygen atoms in total. The van der Waals surface area contributed by atoms with Gasteiger partial charge in [-0.15, -0.1) is 51.8 Å². The van der Waals surface area contributed by atoms with Crippen LogP contribution in [0.1, 0.15) is 93.6 Å². The summed E-state index contributed by atoms with van der Waals surface area (Å²) in [6, 6.07) is 23.1. The van der Waals surface area contributed by atoms with Crippen molar-refractivity contribution in [2.45, 2.75) is 93.4 Å². The third-order valence-corrected chi connectivity index (χ3v) is 12.5. The number of aliphatic hydroxyl groups is 1. The molecule has 0 aliphatic rings. The molecule has 6 rings (SSSR count). The van der Waals surface area contributed by atoms with Gasteiger partial charge in [0.15, 0.2) is 5.78 Å². The number of hydrogen-bond donors (Lipinski definition) is 1. The number of nitrogens with zero attached hydrogens (tertiary/aromatic N) is 2. The molecule has 4 heterocycles. The van der Waals surface area contributed by atoms with Crippen molar-refractivity contribution in [2.75, 3.05) is 0 Å². The molecule has 0 fully saturated rings. The molecule has 0 saturated heterocycles. The van der Waals surface area contributed by atoms with Gasteiger partial charge in [-0.25, -0.2) is 0 Å². The molecule has 4 aromatic heterocycles. The van der Waals surface area contributed by atoms with Crippen molar-refractivity contribution < 1.29 is 30.0 Å². The van der Waals surface area contributed by atoms with Gasteiger partial charge in [0.25, 0.3) is 0 Å². The number of aliphatic hydroxyl groups excluding tert-OH is 1. The van der Waals surface area contributed by atoms with Crippen LogP contribution in [0.3, 0.4) is 0 Å². The van der Waals surface area contributed by atoms with E-state index in [0.29, 0.717) is 0 Å². The summed E-state index contributed by atoms with van der Waals surface area (Å²) in [5.74, 6) is 0.286. The monoisotopic (exact) mass is 882 g/mol. The summed E-state index contributed by atoms with van der Waals surface area (Å²) in [7, 11) is 0. The van der Waals surface area contributed by atoms with Crippen LogP contribution in [0.5, 0.6) is 0 Å². The molecule has 0 amide bonds. The number of allylic oxidation sites excluding steroid dienone is 2. The van der Waals surface area contributed by atoms with E-state index in [9.17, 15) is 9.90 Å². The van der Waals surface area contributed by atoms with E-state index in [0.717, 1.165) is 48.0 Å². The molecule has 265 valence electrons. The zero-order valence-electron chi connectivity index (χ0n) is 30.7. The fourth-order valence-electron chi connectivity index (χ4n) is 5.93. The average molecular weight is 882 g/mol. The Hall–Kier alpha value is -3.22. The largest absolute Gasteiger partial charge is 0.512 e. The predicted molar refractivity (Wildman–Crippen MR) is 212 cm³/mol. The minimum absolute atomic E-state index is 0. The van der Waals surface area contributed by atoms with Gasteiger partial charge in [-0.2, -0.15) is 0 Å². The molecule has 50 heavy (non-hydrogen) atoms. The fourth-order valence-corrected chi connectivity index (χ4v) is 7.86. The molecular formula is C43H49IrN2O2S2-. The van der Waals surface area contributed by atoms with Crippen LogP contribution >= 0.6 is 22.7 Å². The van der Waals surface area contributed by atoms with Crippen molar-refractivity contribution in [3.05, 3.63) is 95.8 Å². The van der Waals surface area contributed by atoms with Crippen molar-refractivity contribution in [3.8, 4) is 21.8 Å². The number of pyridine rings is 2. The van der Waals surface area contributed by atoms with E-state index in [1.54, 1.807) is 22.7 Å². The second-order valence-electron chi connectivity index (χ2n) is 14.5. The summed E-state index contributed by atoms with van der Waals surface area (Å²) in [5.41, 5.74) is 3.81. The topological polar surface area (TPSA) is 63.1 Å². The number of aromatic nitrogens is 2. The molecular weight excluding hydrogens is 833 g/mol. The van der Waals surface area contributed by atoms with Gasteiger partial charge >= 0.3 is 0 Å². The van der Waals surface area contributed by atoms with Crippen LogP contribution in [0.2, 0.25) is 0 Å². The Bertz CT molecular complexity index is 2130. The summed E-state index contributed by atoms with van der Waals surface area (Å²) in [6.45, 7) is 18.9. The van der Waals surface area contributed by atoms with Crippen molar-refractivity contribution >= 4 is 59.4 Å². The van der Waals surface area contributed by atoms with Gasteiger partial charge in [0, 0.05) is 69.9 Å². The average Bonchev–Trinajstić information content (AvgIpc) is 3.77. The molecule has 0 unspecified atom stereocenters. The minimum Gasteiger partial charge on any atom is -0.512 e. The van der Waals surface area contributed by atoms with Crippen molar-refractivity contribution in [2.24, 2.45) is 10.8 Å². The Kier molecular flexibility index (Phi) is 12.6. The van der Waals surface area contributed by atoms with Gasteiger partial charge in [0.05, 0.1) is 10.6 Å². The number of hydrogen-bond acceptors (Lipinski definition) is 6. The Morgan fingerprint density at radius 3 is 2.20 bits per heavy atom. The standard InChI is InChI=1S/C28H21N2S2.C15H28O2.Ir/c1-28(2,3)22-13-20(12-17-6-4-5-7-21(17)22)26-27-18(8-10-29-26)14-25(32-27)23-15-24-19(16-30-23)9-11-31-24;1-7-14(5,8-2)12(16)11-13(17)15(6,9-3)10-4;/h4-11,13-16H,1-3H3;11,16H,7-10H2,1-6H3;/q-1;;/b;12-11-;. The smallest absolute Gasteiger partial charge is 0.164 e. The van der Waals surface area contributed by atoms with Gasteiger partial charge in [0.2, 0.25) is 0 Å². The summed E-state index contributed by atoms with van der Waals surface area (Å²) >= 11 is 3.52. The Labute approximate surface area is 319 Å². The van der Waals surface area contributed by atoms with Gasteiger partial charge in [-0.1, -0.05) is 91.5 Å². The molecule has 7 heteroatoms. The van der Waals surface area contributed by atoms with Gasteiger partial charge in [-0.05, 0) is 66.1 Å². The second kappa shape index (κ2) is 16.0. The molecule has 6 aromatic rings. The Morgan fingerprint density at radius 2 is 1.54 bits per heavy atom. The number of carbonyl (C=O) groups is 1. The quantitative estimate of drug-likeness (QED) is 0.0893. The summed E-state index contributed by atoms with van der Waals surface area (Å²) < 4.78 is 2.45. The first-order chi connectivity index (χ1) is 23.3. The maximum Gasteiger partial charge on any atom is 0.164 e. The third kappa shape index (κ3) is 8.12. The number of ketones is 1. The zero-order chi connectivity index (χ0) is 35.6. The summed E-state index contributed by atoms with van der Waals surface area (Å²) in [5, 5.41) is 17.0. The maximum atomic E-state index is 12.2. The first-order valence-corrected chi connectivity index (χ1v) is 19.1. The van der Waals surface area contributed by atoms with Crippen molar-refractivity contribution in [3.63, 3.8) is 0 Å². The van der Waals surface area contributed by atoms with Crippen LogP contribution in [-0.2, 0) is 30.3 Å². The molecule has 2 aromatic carbocycles. The summed E-state index contributed by atoms with van der Waals surface area (Å²) in [6.07, 6.45) is 8.63. The molecule has 1 radical (unpaired) electrons. The molecule has 0 aliphatic carbocycles. The molecule has 1 N–H and O–H groups in total. The zero-order valence-corrected chi connectivity index (χ0v) is 34.8. The van der Waals surface area contributed by atoms with E-state index >= 15 is 0 Å². The SMILES string of the molecule is CC(C)(C)c1cc(-c2nccc3cc(-c4cc5sccc5cn4)sc23)[c-]c2ccccc12.CCC(C)(CC)C(=O)/C=C(\O)C(C)(CC)CC.[Ir]. The van der Waals surface area contributed by atoms with Crippen LogP contribution in [-0.4, -0.2) is 20.9 Å². The maximum absolute atomic E-state index is 12.2.